The second kappa shape index (κ2) is 8.42. The van der Waals surface area contributed by atoms with E-state index in [4.69, 9.17) is 0 Å². The van der Waals surface area contributed by atoms with Gasteiger partial charge in [-0.05, 0) is 54.8 Å². The van der Waals surface area contributed by atoms with E-state index >= 15 is 0 Å². The van der Waals surface area contributed by atoms with Crippen molar-refractivity contribution in [2.24, 2.45) is 0 Å². The predicted molar refractivity (Wildman–Crippen MR) is 98.9 cm³/mol. The summed E-state index contributed by atoms with van der Waals surface area (Å²) in [6.45, 7) is -1.22. The first-order valence-electron chi connectivity index (χ1n) is 8.81. The summed E-state index contributed by atoms with van der Waals surface area (Å²) in [7, 11) is -3.58. The largest absolute Gasteiger partial charge is 0.484 e. The van der Waals surface area contributed by atoms with E-state index in [1.54, 1.807) is 12.1 Å². The zero-order chi connectivity index (χ0) is 21.1. The molecule has 29 heavy (non-hydrogen) atoms. The smallest absolute Gasteiger partial charge is 0.422 e. The third-order valence-corrected chi connectivity index (χ3v) is 5.64. The van der Waals surface area contributed by atoms with E-state index in [2.05, 4.69) is 14.8 Å². The number of sulfonamides is 1. The molecular formula is C19H19F3N2O4S. The van der Waals surface area contributed by atoms with Crippen LogP contribution in [0.15, 0.2) is 53.4 Å². The predicted octanol–water partition coefficient (Wildman–Crippen LogP) is 3.00. The maximum Gasteiger partial charge on any atom is 0.422 e. The highest BCUT2D eigenvalue weighted by atomic mass is 32.2. The Labute approximate surface area is 166 Å². The number of rotatable bonds is 8. The average Bonchev–Trinajstić information content (AvgIpc) is 3.48. The van der Waals surface area contributed by atoms with Gasteiger partial charge in [-0.3, -0.25) is 4.79 Å². The van der Waals surface area contributed by atoms with E-state index < -0.39 is 28.7 Å². The first-order chi connectivity index (χ1) is 13.6. The van der Waals surface area contributed by atoms with E-state index in [-0.39, 0.29) is 23.2 Å². The van der Waals surface area contributed by atoms with Gasteiger partial charge >= 0.3 is 6.18 Å². The molecule has 0 bridgehead atoms. The van der Waals surface area contributed by atoms with Gasteiger partial charge in [0.05, 0.1) is 4.90 Å². The molecule has 3 rings (SSSR count). The van der Waals surface area contributed by atoms with Crippen LogP contribution in [0.4, 0.5) is 13.2 Å². The van der Waals surface area contributed by atoms with Crippen LogP contribution in [0.3, 0.4) is 0 Å². The van der Waals surface area contributed by atoms with E-state index in [0.717, 1.165) is 12.8 Å². The Balaban J connectivity index is 1.52. The Morgan fingerprint density at radius 3 is 2.21 bits per heavy atom. The summed E-state index contributed by atoms with van der Waals surface area (Å²) >= 11 is 0. The zero-order valence-corrected chi connectivity index (χ0v) is 16.0. The highest BCUT2D eigenvalue weighted by Crippen LogP contribution is 2.22. The van der Waals surface area contributed by atoms with Crippen molar-refractivity contribution in [1.29, 1.82) is 0 Å². The third-order valence-electron chi connectivity index (χ3n) is 4.10. The molecule has 1 amide bonds. The maximum atomic E-state index is 12.2. The fourth-order valence-corrected chi connectivity index (χ4v) is 3.73. The number of carbonyl (C=O) groups is 1. The normalized spacial score (nSPS) is 14.4. The average molecular weight is 428 g/mol. The van der Waals surface area contributed by atoms with E-state index in [9.17, 15) is 26.4 Å². The van der Waals surface area contributed by atoms with Crippen LogP contribution in [-0.4, -0.2) is 33.1 Å². The van der Waals surface area contributed by atoms with Crippen LogP contribution in [0.1, 0.15) is 28.8 Å². The number of carbonyl (C=O) groups excluding carboxylic acids is 1. The Hall–Kier alpha value is -2.59. The minimum atomic E-state index is -4.41. The Bertz CT molecular complexity index is 954. The Morgan fingerprint density at radius 2 is 1.66 bits per heavy atom. The lowest BCUT2D eigenvalue weighted by molar-refractivity contribution is -0.153. The lowest BCUT2D eigenvalue weighted by atomic mass is 10.2. The molecular weight excluding hydrogens is 409 g/mol. The SMILES string of the molecule is O=C(NCc1ccc(OCC(F)(F)F)cc1)c1ccc(S(=O)(=O)NC2CC2)cc1. The molecule has 2 aromatic carbocycles. The van der Waals surface area contributed by atoms with Gasteiger partial charge in [-0.2, -0.15) is 13.2 Å². The van der Waals surface area contributed by atoms with Gasteiger partial charge in [0.2, 0.25) is 10.0 Å². The Kier molecular flexibility index (Phi) is 6.13. The van der Waals surface area contributed by atoms with Crippen LogP contribution in [0, 0.1) is 0 Å². The van der Waals surface area contributed by atoms with Crippen LogP contribution in [0.5, 0.6) is 5.75 Å². The molecule has 0 radical (unpaired) electrons. The molecule has 6 nitrogen and oxygen atoms in total. The van der Waals surface area contributed by atoms with Crippen LogP contribution >= 0.6 is 0 Å². The highest BCUT2D eigenvalue weighted by molar-refractivity contribution is 7.89. The van der Waals surface area contributed by atoms with Gasteiger partial charge in [-0.1, -0.05) is 12.1 Å². The number of nitrogens with one attached hydrogen (secondary N) is 2. The number of halogens is 3. The second-order valence-corrected chi connectivity index (χ2v) is 8.36. The fraction of sp³-hybridized carbons (Fsp3) is 0.316. The standard InChI is InChI=1S/C19H19F3N2O4S/c20-19(21,22)12-28-16-7-1-13(2-8-16)11-23-18(25)14-3-9-17(10-4-14)29(26,27)24-15-5-6-15/h1-4,7-10,15,24H,5-6,11-12H2,(H,23,25). The first-order valence-corrected chi connectivity index (χ1v) is 10.3. The van der Waals surface area contributed by atoms with Crippen LogP contribution < -0.4 is 14.8 Å². The summed E-state index contributed by atoms with van der Waals surface area (Å²) in [5, 5.41) is 2.67. The van der Waals surface area contributed by atoms with Crippen molar-refractivity contribution in [1.82, 2.24) is 10.0 Å². The fourth-order valence-electron chi connectivity index (χ4n) is 2.43. The van der Waals surface area contributed by atoms with Crippen molar-refractivity contribution in [2.75, 3.05) is 6.61 Å². The quantitative estimate of drug-likeness (QED) is 0.677. The molecule has 0 spiro atoms. The Morgan fingerprint density at radius 1 is 1.03 bits per heavy atom. The number of ether oxygens (including phenoxy) is 1. The topological polar surface area (TPSA) is 84.5 Å². The van der Waals surface area contributed by atoms with Crippen molar-refractivity contribution in [3.63, 3.8) is 0 Å². The molecule has 2 N–H and O–H groups in total. The summed E-state index contributed by atoms with van der Waals surface area (Å²) in [5.74, 6) is -0.324. The number of amides is 1. The molecule has 10 heteroatoms. The molecule has 2 aromatic rings. The molecule has 1 saturated carbocycles. The molecule has 156 valence electrons. The van der Waals surface area contributed by atoms with Gasteiger partial charge in [0.15, 0.2) is 6.61 Å². The van der Waals surface area contributed by atoms with Gasteiger partial charge in [0, 0.05) is 18.2 Å². The number of benzene rings is 2. The summed E-state index contributed by atoms with van der Waals surface area (Å²) in [6, 6.07) is 11.4. The summed E-state index contributed by atoms with van der Waals surface area (Å²) < 4.78 is 67.8. The molecule has 0 unspecified atom stereocenters. The summed E-state index contributed by atoms with van der Waals surface area (Å²) in [6.07, 6.45) is -2.75. The van der Waals surface area contributed by atoms with Gasteiger partial charge < -0.3 is 10.1 Å². The van der Waals surface area contributed by atoms with Gasteiger partial charge in [-0.15, -0.1) is 0 Å². The van der Waals surface area contributed by atoms with Crippen molar-refractivity contribution in [3.8, 4) is 5.75 Å². The van der Waals surface area contributed by atoms with E-state index in [1.165, 1.54) is 36.4 Å². The third kappa shape index (κ3) is 6.47. The molecule has 1 aliphatic rings. The minimum Gasteiger partial charge on any atom is -0.484 e. The summed E-state index contributed by atoms with van der Waals surface area (Å²) in [5.41, 5.74) is 0.964. The molecule has 0 heterocycles. The molecule has 0 atom stereocenters. The second-order valence-electron chi connectivity index (χ2n) is 6.65. The zero-order valence-electron chi connectivity index (χ0n) is 15.2. The number of alkyl halides is 3. The van der Waals surface area contributed by atoms with Crippen molar-refractivity contribution in [2.45, 2.75) is 36.5 Å². The molecule has 1 fully saturated rings. The van der Waals surface area contributed by atoms with Gasteiger partial charge in [0.25, 0.3) is 5.91 Å². The van der Waals surface area contributed by atoms with Crippen molar-refractivity contribution < 1.29 is 31.1 Å². The maximum absolute atomic E-state index is 12.2. The molecule has 0 aliphatic heterocycles. The van der Waals surface area contributed by atoms with E-state index in [1.807, 2.05) is 0 Å². The van der Waals surface area contributed by atoms with Crippen LogP contribution in [0.2, 0.25) is 0 Å². The van der Waals surface area contributed by atoms with Crippen molar-refractivity contribution in [3.05, 3.63) is 59.7 Å². The van der Waals surface area contributed by atoms with Gasteiger partial charge in [-0.25, -0.2) is 13.1 Å². The van der Waals surface area contributed by atoms with Crippen LogP contribution in [0.25, 0.3) is 0 Å². The van der Waals surface area contributed by atoms with Crippen LogP contribution in [-0.2, 0) is 16.6 Å². The van der Waals surface area contributed by atoms with Crippen molar-refractivity contribution >= 4 is 15.9 Å². The lowest BCUT2D eigenvalue weighted by Gasteiger charge is -2.10. The summed E-state index contributed by atoms with van der Waals surface area (Å²) in [4.78, 5) is 12.3. The molecule has 0 aromatic heterocycles. The van der Waals surface area contributed by atoms with E-state index in [0.29, 0.717) is 11.1 Å². The molecule has 1 aliphatic carbocycles. The first kappa shape index (κ1) is 21.1. The molecule has 0 saturated heterocycles. The minimum absolute atomic E-state index is 0.00627. The lowest BCUT2D eigenvalue weighted by Crippen LogP contribution is -2.26. The number of hydrogen-bond acceptors (Lipinski definition) is 4. The number of hydrogen-bond donors (Lipinski definition) is 2. The van der Waals surface area contributed by atoms with Gasteiger partial charge in [0.1, 0.15) is 5.75 Å². The monoisotopic (exact) mass is 428 g/mol. The highest BCUT2D eigenvalue weighted by Gasteiger charge is 2.29.